The molecule has 2 rings (SSSR count). The normalized spacial score (nSPS) is 19.7. The standard InChI is InChI=1S/C16H25N3O2/c1-12(2)19-7-8-20-15(10-19)11-21-14-5-3-13(4-6-14)9-16(17)18/h3-6,12,15H,7-11H2,1-2H3,(H3,17,18). The molecular formula is C16H25N3O2. The maximum Gasteiger partial charge on any atom is 0.119 e. The van der Waals surface area contributed by atoms with Crippen molar-refractivity contribution < 1.29 is 9.47 Å². The molecule has 21 heavy (non-hydrogen) atoms. The first kappa shape index (κ1) is 15.8. The largest absolute Gasteiger partial charge is 0.491 e. The minimum atomic E-state index is 0.123. The summed E-state index contributed by atoms with van der Waals surface area (Å²) in [6, 6.07) is 8.27. The highest BCUT2D eigenvalue weighted by atomic mass is 16.5. The van der Waals surface area contributed by atoms with E-state index >= 15 is 0 Å². The van der Waals surface area contributed by atoms with E-state index in [2.05, 4.69) is 18.7 Å². The molecule has 1 aliphatic heterocycles. The second-order valence-electron chi connectivity index (χ2n) is 5.74. The topological polar surface area (TPSA) is 71.6 Å². The molecule has 0 aliphatic carbocycles. The Morgan fingerprint density at radius 1 is 1.43 bits per heavy atom. The highest BCUT2D eigenvalue weighted by molar-refractivity contribution is 5.79. The van der Waals surface area contributed by atoms with Crippen LogP contribution in [0.3, 0.4) is 0 Å². The van der Waals surface area contributed by atoms with E-state index in [1.165, 1.54) is 0 Å². The van der Waals surface area contributed by atoms with Crippen LogP contribution in [0.5, 0.6) is 5.75 Å². The lowest BCUT2D eigenvalue weighted by atomic mass is 10.1. The highest BCUT2D eigenvalue weighted by Crippen LogP contribution is 2.15. The van der Waals surface area contributed by atoms with Crippen molar-refractivity contribution >= 4 is 5.84 Å². The van der Waals surface area contributed by atoms with Crippen LogP contribution in [0.4, 0.5) is 0 Å². The van der Waals surface area contributed by atoms with Gasteiger partial charge in [0.15, 0.2) is 0 Å². The van der Waals surface area contributed by atoms with Gasteiger partial charge >= 0.3 is 0 Å². The van der Waals surface area contributed by atoms with Gasteiger partial charge in [0.05, 0.1) is 12.4 Å². The lowest BCUT2D eigenvalue weighted by Crippen LogP contribution is -2.47. The van der Waals surface area contributed by atoms with E-state index in [4.69, 9.17) is 20.6 Å². The summed E-state index contributed by atoms with van der Waals surface area (Å²) in [4.78, 5) is 2.41. The van der Waals surface area contributed by atoms with Gasteiger partial charge in [-0.2, -0.15) is 0 Å². The molecule has 1 aromatic rings. The first-order chi connectivity index (χ1) is 10.0. The molecule has 1 saturated heterocycles. The molecule has 1 atom stereocenters. The number of hydrogen-bond donors (Lipinski definition) is 2. The zero-order valence-corrected chi connectivity index (χ0v) is 12.8. The molecule has 0 bridgehead atoms. The summed E-state index contributed by atoms with van der Waals surface area (Å²) in [6.45, 7) is 7.65. The van der Waals surface area contributed by atoms with E-state index < -0.39 is 0 Å². The minimum absolute atomic E-state index is 0.123. The first-order valence-corrected chi connectivity index (χ1v) is 7.45. The van der Waals surface area contributed by atoms with Gasteiger partial charge in [0, 0.05) is 25.6 Å². The van der Waals surface area contributed by atoms with Crippen molar-refractivity contribution in [2.75, 3.05) is 26.3 Å². The molecule has 0 saturated carbocycles. The molecule has 5 heteroatoms. The maximum atomic E-state index is 7.28. The number of rotatable bonds is 6. The smallest absolute Gasteiger partial charge is 0.119 e. The summed E-state index contributed by atoms with van der Waals surface area (Å²) in [5.41, 5.74) is 6.41. The van der Waals surface area contributed by atoms with Crippen LogP contribution in [0.15, 0.2) is 24.3 Å². The molecule has 0 spiro atoms. The van der Waals surface area contributed by atoms with Crippen molar-refractivity contribution in [2.24, 2.45) is 5.73 Å². The van der Waals surface area contributed by atoms with Crippen LogP contribution in [0.2, 0.25) is 0 Å². The fraction of sp³-hybridized carbons (Fsp3) is 0.562. The summed E-state index contributed by atoms with van der Waals surface area (Å²) in [7, 11) is 0. The third-order valence-corrected chi connectivity index (χ3v) is 3.65. The average molecular weight is 291 g/mol. The van der Waals surface area contributed by atoms with E-state index in [9.17, 15) is 0 Å². The number of morpholine rings is 1. The van der Waals surface area contributed by atoms with Gasteiger partial charge in [-0.15, -0.1) is 0 Å². The van der Waals surface area contributed by atoms with Crippen molar-refractivity contribution in [1.82, 2.24) is 4.90 Å². The Labute approximate surface area is 126 Å². The van der Waals surface area contributed by atoms with Gasteiger partial charge in [-0.25, -0.2) is 0 Å². The fourth-order valence-corrected chi connectivity index (χ4v) is 2.42. The number of amidine groups is 1. The van der Waals surface area contributed by atoms with E-state index in [1.54, 1.807) is 0 Å². The van der Waals surface area contributed by atoms with E-state index in [0.29, 0.717) is 19.1 Å². The fourth-order valence-electron chi connectivity index (χ4n) is 2.42. The monoisotopic (exact) mass is 291 g/mol. The molecule has 0 amide bonds. The highest BCUT2D eigenvalue weighted by Gasteiger charge is 2.22. The Morgan fingerprint density at radius 2 is 2.14 bits per heavy atom. The Bertz CT molecular complexity index is 459. The van der Waals surface area contributed by atoms with Crippen molar-refractivity contribution in [3.8, 4) is 5.75 Å². The second kappa shape index (κ2) is 7.43. The molecule has 116 valence electrons. The van der Waals surface area contributed by atoms with Crippen LogP contribution in [0.1, 0.15) is 19.4 Å². The number of nitrogens with one attached hydrogen (secondary N) is 1. The van der Waals surface area contributed by atoms with Crippen LogP contribution in [-0.4, -0.2) is 49.2 Å². The number of hydrogen-bond acceptors (Lipinski definition) is 4. The summed E-state index contributed by atoms with van der Waals surface area (Å²) in [5.74, 6) is 1.00. The van der Waals surface area contributed by atoms with Crippen LogP contribution in [0.25, 0.3) is 0 Å². The Kier molecular flexibility index (Phi) is 5.59. The molecule has 3 N–H and O–H groups in total. The SMILES string of the molecule is CC(C)N1CCOC(COc2ccc(CC(=N)N)cc2)C1. The van der Waals surface area contributed by atoms with Gasteiger partial charge in [0.1, 0.15) is 18.5 Å². The molecule has 1 aromatic carbocycles. The maximum absolute atomic E-state index is 7.28. The van der Waals surface area contributed by atoms with Gasteiger partial charge in [0.2, 0.25) is 0 Å². The molecule has 1 unspecified atom stereocenters. The number of nitrogens with zero attached hydrogens (tertiary/aromatic N) is 1. The lowest BCUT2D eigenvalue weighted by Gasteiger charge is -2.35. The molecule has 5 nitrogen and oxygen atoms in total. The van der Waals surface area contributed by atoms with E-state index in [1.807, 2.05) is 24.3 Å². The third kappa shape index (κ3) is 5.02. The van der Waals surface area contributed by atoms with Crippen molar-refractivity contribution in [3.63, 3.8) is 0 Å². The summed E-state index contributed by atoms with van der Waals surface area (Å²) < 4.78 is 11.5. The second-order valence-corrected chi connectivity index (χ2v) is 5.74. The lowest BCUT2D eigenvalue weighted by molar-refractivity contribution is -0.0564. The van der Waals surface area contributed by atoms with Gasteiger partial charge < -0.3 is 15.2 Å². The summed E-state index contributed by atoms with van der Waals surface area (Å²) in [5, 5.41) is 7.28. The summed E-state index contributed by atoms with van der Waals surface area (Å²) >= 11 is 0. The Balaban J connectivity index is 1.81. The Morgan fingerprint density at radius 3 is 2.76 bits per heavy atom. The minimum Gasteiger partial charge on any atom is -0.491 e. The van der Waals surface area contributed by atoms with Crippen LogP contribution in [-0.2, 0) is 11.2 Å². The van der Waals surface area contributed by atoms with Gasteiger partial charge in [-0.05, 0) is 31.5 Å². The zero-order chi connectivity index (χ0) is 15.2. The van der Waals surface area contributed by atoms with Crippen molar-refractivity contribution in [2.45, 2.75) is 32.4 Å². The quantitative estimate of drug-likeness (QED) is 0.617. The predicted octanol–water partition coefficient (Wildman–Crippen LogP) is 1.65. The first-order valence-electron chi connectivity index (χ1n) is 7.45. The van der Waals surface area contributed by atoms with E-state index in [0.717, 1.165) is 31.0 Å². The average Bonchev–Trinajstić information content (AvgIpc) is 2.46. The van der Waals surface area contributed by atoms with Crippen LogP contribution < -0.4 is 10.5 Å². The zero-order valence-electron chi connectivity index (χ0n) is 12.8. The number of ether oxygens (including phenoxy) is 2. The predicted molar refractivity (Wildman–Crippen MR) is 84.0 cm³/mol. The number of nitrogens with two attached hydrogens (primary N) is 1. The van der Waals surface area contributed by atoms with Gasteiger partial charge in [0.25, 0.3) is 0 Å². The summed E-state index contributed by atoms with van der Waals surface area (Å²) in [6.07, 6.45) is 0.605. The van der Waals surface area contributed by atoms with Gasteiger partial charge in [-0.1, -0.05) is 12.1 Å². The van der Waals surface area contributed by atoms with Crippen LogP contribution in [0, 0.1) is 5.41 Å². The molecular weight excluding hydrogens is 266 g/mol. The molecule has 1 heterocycles. The van der Waals surface area contributed by atoms with Crippen LogP contribution >= 0.6 is 0 Å². The molecule has 0 radical (unpaired) electrons. The third-order valence-electron chi connectivity index (χ3n) is 3.65. The van der Waals surface area contributed by atoms with Crippen molar-refractivity contribution in [3.05, 3.63) is 29.8 Å². The number of benzene rings is 1. The van der Waals surface area contributed by atoms with Crippen molar-refractivity contribution in [1.29, 1.82) is 5.41 Å². The molecule has 0 aromatic heterocycles. The Hall–Kier alpha value is -1.59. The van der Waals surface area contributed by atoms with Gasteiger partial charge in [-0.3, -0.25) is 10.3 Å². The molecule has 1 fully saturated rings. The van der Waals surface area contributed by atoms with E-state index in [-0.39, 0.29) is 11.9 Å². The molecule has 1 aliphatic rings.